The topological polar surface area (TPSA) is 94.9 Å². The number of β-amino-alcohol motifs (C(OH)–C–C–N with tert-alkyl or cyclic N) is 1. The average molecular weight is 291 g/mol. The van der Waals surface area contributed by atoms with Crippen molar-refractivity contribution in [1.82, 2.24) is 4.31 Å². The summed E-state index contributed by atoms with van der Waals surface area (Å²) in [5, 5.41) is 19.6. The minimum atomic E-state index is -3.68. The molecule has 0 aliphatic carbocycles. The number of nitrogens with zero attached hydrogens (tertiary/aromatic N) is 1. The summed E-state index contributed by atoms with van der Waals surface area (Å²) in [6.45, 7) is 0.433. The van der Waals surface area contributed by atoms with Crippen LogP contribution in [0.25, 0.3) is 0 Å². The van der Waals surface area contributed by atoms with Gasteiger partial charge < -0.3 is 10.2 Å². The number of sulfonamides is 1. The predicted molar refractivity (Wildman–Crippen MR) is 65.3 cm³/mol. The number of carboxylic acid groups (broad SMARTS) is 1. The summed E-state index contributed by atoms with van der Waals surface area (Å²) in [6, 6.07) is 1.16. The maximum absolute atomic E-state index is 12.2. The van der Waals surface area contributed by atoms with Crippen LogP contribution in [0.1, 0.15) is 23.2 Å². The molecule has 1 aliphatic heterocycles. The van der Waals surface area contributed by atoms with Crippen molar-refractivity contribution in [2.75, 3.05) is 13.1 Å². The Hall–Kier alpha value is -0.960. The van der Waals surface area contributed by atoms with Crippen LogP contribution in [-0.2, 0) is 10.0 Å². The van der Waals surface area contributed by atoms with Crippen LogP contribution in [0.3, 0.4) is 0 Å². The van der Waals surface area contributed by atoms with Crippen LogP contribution >= 0.6 is 11.3 Å². The zero-order valence-electron chi connectivity index (χ0n) is 9.44. The first-order chi connectivity index (χ1) is 8.41. The fourth-order valence-electron chi connectivity index (χ4n) is 1.83. The summed E-state index contributed by atoms with van der Waals surface area (Å²) in [4.78, 5) is 10.7. The fraction of sp³-hybridized carbons (Fsp3) is 0.500. The van der Waals surface area contributed by atoms with E-state index in [2.05, 4.69) is 0 Å². The molecule has 1 unspecified atom stereocenters. The average Bonchev–Trinajstić information content (AvgIpc) is 2.79. The molecule has 2 heterocycles. The second kappa shape index (κ2) is 4.96. The second-order valence-corrected chi connectivity index (χ2v) is 7.19. The Labute approximate surface area is 109 Å². The third-order valence-corrected chi connectivity index (χ3v) is 6.06. The van der Waals surface area contributed by atoms with Gasteiger partial charge in [-0.15, -0.1) is 11.3 Å². The Balaban J connectivity index is 2.26. The molecule has 1 fully saturated rings. The summed E-state index contributed by atoms with van der Waals surface area (Å²) in [5.74, 6) is -1.15. The van der Waals surface area contributed by atoms with Crippen LogP contribution < -0.4 is 0 Å². The number of hydrogen-bond acceptors (Lipinski definition) is 5. The highest BCUT2D eigenvalue weighted by Gasteiger charge is 2.30. The quantitative estimate of drug-likeness (QED) is 0.850. The Morgan fingerprint density at radius 3 is 2.78 bits per heavy atom. The number of aromatic carboxylic acids is 1. The molecule has 2 rings (SSSR count). The monoisotopic (exact) mass is 291 g/mol. The molecular formula is C10H13NO5S2. The van der Waals surface area contributed by atoms with Crippen LogP contribution in [0.4, 0.5) is 0 Å². The molecule has 0 bridgehead atoms. The second-order valence-electron chi connectivity index (χ2n) is 4.12. The Morgan fingerprint density at radius 1 is 1.50 bits per heavy atom. The number of thiophene rings is 1. The molecule has 100 valence electrons. The van der Waals surface area contributed by atoms with Gasteiger partial charge in [-0.3, -0.25) is 0 Å². The summed E-state index contributed by atoms with van der Waals surface area (Å²) in [7, 11) is -3.68. The van der Waals surface area contributed by atoms with Gasteiger partial charge in [0.25, 0.3) is 10.0 Å². The maximum Gasteiger partial charge on any atom is 0.336 e. The lowest BCUT2D eigenvalue weighted by Crippen LogP contribution is -2.41. The summed E-state index contributed by atoms with van der Waals surface area (Å²) >= 11 is 0.888. The lowest BCUT2D eigenvalue weighted by Gasteiger charge is -2.28. The third-order valence-electron chi connectivity index (χ3n) is 2.78. The van der Waals surface area contributed by atoms with Gasteiger partial charge in [0, 0.05) is 18.5 Å². The molecule has 0 saturated carbocycles. The molecule has 18 heavy (non-hydrogen) atoms. The highest BCUT2D eigenvalue weighted by molar-refractivity contribution is 7.91. The van der Waals surface area contributed by atoms with Crippen molar-refractivity contribution in [1.29, 1.82) is 0 Å². The van der Waals surface area contributed by atoms with Gasteiger partial charge in [-0.2, -0.15) is 4.31 Å². The van der Waals surface area contributed by atoms with Gasteiger partial charge in [0.2, 0.25) is 0 Å². The van der Waals surface area contributed by atoms with Crippen LogP contribution in [0, 0.1) is 0 Å². The molecule has 2 N–H and O–H groups in total. The van der Waals surface area contributed by atoms with E-state index in [9.17, 15) is 18.3 Å². The smallest absolute Gasteiger partial charge is 0.336 e. The van der Waals surface area contributed by atoms with Gasteiger partial charge in [0.15, 0.2) is 0 Å². The Morgan fingerprint density at radius 2 is 2.22 bits per heavy atom. The highest BCUT2D eigenvalue weighted by atomic mass is 32.2. The summed E-state index contributed by atoms with van der Waals surface area (Å²) in [5.41, 5.74) is -0.0314. The lowest BCUT2D eigenvalue weighted by molar-refractivity contribution is 0.0697. The maximum atomic E-state index is 12.2. The minimum absolute atomic E-state index is 0.00833. The van der Waals surface area contributed by atoms with Crippen molar-refractivity contribution in [2.45, 2.75) is 23.2 Å². The van der Waals surface area contributed by atoms with Gasteiger partial charge in [-0.1, -0.05) is 0 Å². The number of aliphatic hydroxyl groups is 1. The number of rotatable bonds is 3. The zero-order valence-corrected chi connectivity index (χ0v) is 11.1. The standard InChI is InChI=1S/C10H13NO5S2/c12-8-2-1-3-11(5-8)18(15,16)9-4-7(6-17-9)10(13)14/h4,6,8,12H,1-3,5H2,(H,13,14). The number of hydrogen-bond donors (Lipinski definition) is 2. The number of aliphatic hydroxyl groups excluding tert-OH is 1. The molecule has 1 aromatic rings. The number of carbonyl (C=O) groups is 1. The van der Waals surface area contributed by atoms with E-state index in [1.165, 1.54) is 9.69 Å². The van der Waals surface area contributed by atoms with E-state index in [-0.39, 0.29) is 16.3 Å². The van der Waals surface area contributed by atoms with Crippen LogP contribution in [-0.4, -0.2) is 48.1 Å². The highest BCUT2D eigenvalue weighted by Crippen LogP contribution is 2.26. The number of carboxylic acids is 1. The molecule has 1 saturated heterocycles. The summed E-state index contributed by atoms with van der Waals surface area (Å²) < 4.78 is 25.6. The van der Waals surface area contributed by atoms with Crippen molar-refractivity contribution in [3.63, 3.8) is 0 Å². The normalized spacial score (nSPS) is 21.9. The lowest BCUT2D eigenvalue weighted by atomic mass is 10.1. The SMILES string of the molecule is O=C(O)c1csc(S(=O)(=O)N2CCCC(O)C2)c1. The molecule has 1 aliphatic rings. The third kappa shape index (κ3) is 2.56. The molecule has 1 aromatic heterocycles. The van der Waals surface area contributed by atoms with Crippen LogP contribution in [0.2, 0.25) is 0 Å². The van der Waals surface area contributed by atoms with E-state index in [1.807, 2.05) is 0 Å². The van der Waals surface area contributed by atoms with Crippen molar-refractivity contribution < 1.29 is 23.4 Å². The van der Waals surface area contributed by atoms with Gasteiger partial charge in [0.05, 0.1) is 11.7 Å². The van der Waals surface area contributed by atoms with E-state index in [0.717, 1.165) is 17.4 Å². The van der Waals surface area contributed by atoms with Gasteiger partial charge in [-0.25, -0.2) is 13.2 Å². The van der Waals surface area contributed by atoms with Crippen LogP contribution in [0.5, 0.6) is 0 Å². The Bertz CT molecular complexity index is 550. The van der Waals surface area contributed by atoms with E-state index >= 15 is 0 Å². The fourth-order valence-corrected chi connectivity index (χ4v) is 4.65. The van der Waals surface area contributed by atoms with Crippen molar-refractivity contribution in [2.24, 2.45) is 0 Å². The molecule has 0 spiro atoms. The molecule has 6 nitrogen and oxygen atoms in total. The van der Waals surface area contributed by atoms with Gasteiger partial charge >= 0.3 is 5.97 Å². The Kier molecular flexibility index (Phi) is 3.71. The van der Waals surface area contributed by atoms with E-state index in [1.54, 1.807) is 0 Å². The molecule has 0 radical (unpaired) electrons. The van der Waals surface area contributed by atoms with E-state index in [0.29, 0.717) is 19.4 Å². The van der Waals surface area contributed by atoms with Crippen molar-refractivity contribution in [3.8, 4) is 0 Å². The van der Waals surface area contributed by atoms with E-state index < -0.39 is 22.1 Å². The molecule has 1 atom stereocenters. The minimum Gasteiger partial charge on any atom is -0.478 e. The molecule has 8 heteroatoms. The van der Waals surface area contributed by atoms with Gasteiger partial charge in [0.1, 0.15) is 4.21 Å². The predicted octanol–water partition coefficient (Wildman–Crippen LogP) is 0.592. The summed E-state index contributed by atoms with van der Waals surface area (Å²) in [6.07, 6.45) is 0.557. The van der Waals surface area contributed by atoms with Crippen molar-refractivity contribution in [3.05, 3.63) is 17.0 Å². The first kappa shape index (κ1) is 13.5. The van der Waals surface area contributed by atoms with Gasteiger partial charge in [-0.05, 0) is 18.9 Å². The first-order valence-electron chi connectivity index (χ1n) is 5.41. The first-order valence-corrected chi connectivity index (χ1v) is 7.73. The molecular weight excluding hydrogens is 278 g/mol. The molecule has 0 amide bonds. The zero-order chi connectivity index (χ0) is 13.3. The number of piperidine rings is 1. The largest absolute Gasteiger partial charge is 0.478 e. The van der Waals surface area contributed by atoms with Crippen LogP contribution in [0.15, 0.2) is 15.7 Å². The van der Waals surface area contributed by atoms with Crippen molar-refractivity contribution >= 4 is 27.3 Å². The van der Waals surface area contributed by atoms with E-state index in [4.69, 9.17) is 5.11 Å². The molecule has 0 aromatic carbocycles.